The van der Waals surface area contributed by atoms with Crippen LogP contribution in [0, 0.1) is 6.92 Å². The van der Waals surface area contributed by atoms with Crippen molar-refractivity contribution in [2.24, 2.45) is 0 Å². The van der Waals surface area contributed by atoms with E-state index in [9.17, 15) is 4.79 Å². The van der Waals surface area contributed by atoms with Crippen LogP contribution in [0.4, 0.5) is 0 Å². The third-order valence-corrected chi connectivity index (χ3v) is 2.78. The lowest BCUT2D eigenvalue weighted by molar-refractivity contribution is -0.154. The van der Waals surface area contributed by atoms with Crippen LogP contribution in [-0.4, -0.2) is 18.1 Å². The Hall–Kier alpha value is -1.35. The van der Waals surface area contributed by atoms with Crippen molar-refractivity contribution in [1.82, 2.24) is 5.32 Å². The van der Waals surface area contributed by atoms with Gasteiger partial charge in [0.05, 0.1) is 6.42 Å². The lowest BCUT2D eigenvalue weighted by Gasteiger charge is -2.20. The highest BCUT2D eigenvalue weighted by atomic mass is 16.6. The molecule has 0 aliphatic carbocycles. The van der Waals surface area contributed by atoms with Gasteiger partial charge in [0.1, 0.15) is 5.60 Å². The molecule has 0 aromatic heterocycles. The number of rotatable bonds is 5. The fraction of sp³-hybridized carbons (Fsp3) is 0.562. The van der Waals surface area contributed by atoms with E-state index in [4.69, 9.17) is 4.74 Å². The molecule has 3 heteroatoms. The Labute approximate surface area is 116 Å². The molecular formula is C16H25NO2. The Balaban J connectivity index is 2.33. The van der Waals surface area contributed by atoms with E-state index < -0.39 is 5.60 Å². The molecule has 1 aromatic carbocycles. The van der Waals surface area contributed by atoms with Crippen molar-refractivity contribution in [3.05, 3.63) is 35.4 Å². The van der Waals surface area contributed by atoms with Gasteiger partial charge in [-0.05, 0) is 40.2 Å². The first-order chi connectivity index (χ1) is 8.78. The maximum atomic E-state index is 11.6. The molecular weight excluding hydrogens is 238 g/mol. The predicted molar refractivity (Wildman–Crippen MR) is 78.1 cm³/mol. The first-order valence-electron chi connectivity index (χ1n) is 6.80. The fourth-order valence-electron chi connectivity index (χ4n) is 1.76. The van der Waals surface area contributed by atoms with Gasteiger partial charge in [-0.2, -0.15) is 0 Å². The van der Waals surface area contributed by atoms with E-state index in [1.54, 1.807) is 0 Å². The maximum absolute atomic E-state index is 11.6. The molecule has 106 valence electrons. The van der Waals surface area contributed by atoms with Crippen LogP contribution < -0.4 is 5.32 Å². The summed E-state index contributed by atoms with van der Waals surface area (Å²) < 4.78 is 5.26. The SMILES string of the molecule is Cc1ccc([C@H](C)NCCC(=O)OC(C)(C)C)cc1. The predicted octanol–water partition coefficient (Wildman–Crippen LogP) is 3.38. The number of aryl methyl sites for hydroxylation is 1. The summed E-state index contributed by atoms with van der Waals surface area (Å²) in [7, 11) is 0. The zero-order valence-corrected chi connectivity index (χ0v) is 12.6. The molecule has 1 N–H and O–H groups in total. The van der Waals surface area contributed by atoms with Gasteiger partial charge in [-0.25, -0.2) is 0 Å². The van der Waals surface area contributed by atoms with Gasteiger partial charge in [-0.1, -0.05) is 29.8 Å². The molecule has 0 aliphatic rings. The average molecular weight is 263 g/mol. The summed E-state index contributed by atoms with van der Waals surface area (Å²) in [5.41, 5.74) is 2.08. The molecule has 0 amide bonds. The minimum absolute atomic E-state index is 0.156. The Bertz CT molecular complexity index is 404. The summed E-state index contributed by atoms with van der Waals surface area (Å²) in [4.78, 5) is 11.6. The summed E-state index contributed by atoms with van der Waals surface area (Å²) in [5.74, 6) is -0.156. The van der Waals surface area contributed by atoms with Crippen molar-refractivity contribution in [1.29, 1.82) is 0 Å². The van der Waals surface area contributed by atoms with Crippen molar-refractivity contribution in [3.63, 3.8) is 0 Å². The Morgan fingerprint density at radius 1 is 1.26 bits per heavy atom. The number of hydrogen-bond donors (Lipinski definition) is 1. The molecule has 0 spiro atoms. The maximum Gasteiger partial charge on any atom is 0.307 e. The van der Waals surface area contributed by atoms with Gasteiger partial charge < -0.3 is 10.1 Å². The van der Waals surface area contributed by atoms with Crippen molar-refractivity contribution < 1.29 is 9.53 Å². The van der Waals surface area contributed by atoms with E-state index in [0.717, 1.165) is 0 Å². The number of ether oxygens (including phenoxy) is 1. The van der Waals surface area contributed by atoms with Crippen LogP contribution in [0.3, 0.4) is 0 Å². The minimum Gasteiger partial charge on any atom is -0.460 e. The third kappa shape index (κ3) is 6.39. The van der Waals surface area contributed by atoms with Gasteiger partial charge in [0, 0.05) is 12.6 Å². The van der Waals surface area contributed by atoms with Crippen LogP contribution in [0.5, 0.6) is 0 Å². The largest absolute Gasteiger partial charge is 0.460 e. The second kappa shape index (κ2) is 6.71. The molecule has 0 saturated carbocycles. The Morgan fingerprint density at radius 2 is 1.84 bits per heavy atom. The van der Waals surface area contributed by atoms with Crippen LogP contribution in [0.1, 0.15) is 51.3 Å². The number of hydrogen-bond acceptors (Lipinski definition) is 3. The summed E-state index contributed by atoms with van der Waals surface area (Å²) >= 11 is 0. The van der Waals surface area contributed by atoms with Crippen LogP contribution in [0.2, 0.25) is 0 Å². The number of benzene rings is 1. The van der Waals surface area contributed by atoms with Gasteiger partial charge in [0.25, 0.3) is 0 Å². The molecule has 0 bridgehead atoms. The highest BCUT2D eigenvalue weighted by Gasteiger charge is 2.16. The number of carbonyl (C=O) groups is 1. The third-order valence-electron chi connectivity index (χ3n) is 2.78. The molecule has 19 heavy (non-hydrogen) atoms. The van der Waals surface area contributed by atoms with E-state index in [0.29, 0.717) is 13.0 Å². The van der Waals surface area contributed by atoms with Crippen molar-refractivity contribution in [3.8, 4) is 0 Å². The normalized spacial score (nSPS) is 13.1. The first-order valence-corrected chi connectivity index (χ1v) is 6.80. The second-order valence-electron chi connectivity index (χ2n) is 5.92. The topological polar surface area (TPSA) is 38.3 Å². The van der Waals surface area contributed by atoms with Crippen LogP contribution in [0.15, 0.2) is 24.3 Å². The Kier molecular flexibility index (Phi) is 5.55. The quantitative estimate of drug-likeness (QED) is 0.828. The van der Waals surface area contributed by atoms with Gasteiger partial charge in [-0.3, -0.25) is 4.79 Å². The highest BCUT2D eigenvalue weighted by Crippen LogP contribution is 2.13. The molecule has 0 aliphatic heterocycles. The second-order valence-corrected chi connectivity index (χ2v) is 5.92. The van der Waals surface area contributed by atoms with Crippen molar-refractivity contribution in [2.45, 2.75) is 52.7 Å². The van der Waals surface area contributed by atoms with E-state index in [1.165, 1.54) is 11.1 Å². The van der Waals surface area contributed by atoms with E-state index >= 15 is 0 Å². The number of carbonyl (C=O) groups excluding carboxylic acids is 1. The van der Waals surface area contributed by atoms with E-state index in [2.05, 4.69) is 43.4 Å². The van der Waals surface area contributed by atoms with Crippen LogP contribution >= 0.6 is 0 Å². The molecule has 1 aromatic rings. The summed E-state index contributed by atoms with van der Waals surface area (Å²) in [5, 5.41) is 3.33. The van der Waals surface area contributed by atoms with Gasteiger partial charge in [0.2, 0.25) is 0 Å². The molecule has 3 nitrogen and oxygen atoms in total. The molecule has 0 unspecified atom stereocenters. The molecule has 0 radical (unpaired) electrons. The smallest absolute Gasteiger partial charge is 0.307 e. The van der Waals surface area contributed by atoms with Gasteiger partial charge >= 0.3 is 5.97 Å². The zero-order chi connectivity index (χ0) is 14.5. The standard InChI is InChI=1S/C16H25NO2/c1-12-6-8-14(9-7-12)13(2)17-11-10-15(18)19-16(3,4)5/h6-9,13,17H,10-11H2,1-5H3/t13-/m0/s1. The first kappa shape index (κ1) is 15.7. The molecule has 0 saturated heterocycles. The van der Waals surface area contributed by atoms with Crippen LogP contribution in [-0.2, 0) is 9.53 Å². The molecule has 1 rings (SSSR count). The Morgan fingerprint density at radius 3 is 2.37 bits per heavy atom. The summed E-state index contributed by atoms with van der Waals surface area (Å²) in [6.07, 6.45) is 0.396. The lowest BCUT2D eigenvalue weighted by atomic mass is 10.1. The number of nitrogens with one attached hydrogen (secondary N) is 1. The van der Waals surface area contributed by atoms with Crippen molar-refractivity contribution in [2.75, 3.05) is 6.54 Å². The fourth-order valence-corrected chi connectivity index (χ4v) is 1.76. The summed E-state index contributed by atoms with van der Waals surface area (Å²) in [6, 6.07) is 8.66. The van der Waals surface area contributed by atoms with Crippen LogP contribution in [0.25, 0.3) is 0 Å². The van der Waals surface area contributed by atoms with E-state index in [-0.39, 0.29) is 12.0 Å². The molecule has 0 heterocycles. The van der Waals surface area contributed by atoms with Crippen molar-refractivity contribution >= 4 is 5.97 Å². The number of esters is 1. The average Bonchev–Trinajstić information content (AvgIpc) is 2.27. The monoisotopic (exact) mass is 263 g/mol. The zero-order valence-electron chi connectivity index (χ0n) is 12.6. The lowest BCUT2D eigenvalue weighted by Crippen LogP contribution is -2.27. The van der Waals surface area contributed by atoms with Gasteiger partial charge in [-0.15, -0.1) is 0 Å². The van der Waals surface area contributed by atoms with Gasteiger partial charge in [0.15, 0.2) is 0 Å². The minimum atomic E-state index is -0.403. The van der Waals surface area contributed by atoms with E-state index in [1.807, 2.05) is 20.8 Å². The summed E-state index contributed by atoms with van der Waals surface area (Å²) in [6.45, 7) is 10.4. The molecule has 1 atom stereocenters. The molecule has 0 fully saturated rings. The highest BCUT2D eigenvalue weighted by molar-refractivity contribution is 5.70.